The van der Waals surface area contributed by atoms with Gasteiger partial charge in [0.1, 0.15) is 11.4 Å². The largest absolute Gasteiger partial charge is 0.493 e. The molecular formula is C19H28O6. The minimum absolute atomic E-state index is 0.0682. The summed E-state index contributed by atoms with van der Waals surface area (Å²) in [5.74, 6) is -0.690. The van der Waals surface area contributed by atoms with Crippen molar-refractivity contribution in [1.29, 1.82) is 0 Å². The molecule has 6 nitrogen and oxygen atoms in total. The zero-order valence-electron chi connectivity index (χ0n) is 15.1. The van der Waals surface area contributed by atoms with Crippen molar-refractivity contribution < 1.29 is 30.0 Å². The number of hydrogen-bond acceptors (Lipinski definition) is 6. The molecule has 0 aromatic carbocycles. The molecule has 140 valence electrons. The van der Waals surface area contributed by atoms with Crippen molar-refractivity contribution in [3.63, 3.8) is 0 Å². The van der Waals surface area contributed by atoms with Crippen LogP contribution in [0.5, 0.6) is 0 Å². The van der Waals surface area contributed by atoms with Gasteiger partial charge >= 0.3 is 0 Å². The van der Waals surface area contributed by atoms with Crippen LogP contribution in [0.1, 0.15) is 34.1 Å². The molecular weight excluding hydrogens is 324 g/mol. The molecule has 0 saturated heterocycles. The van der Waals surface area contributed by atoms with Gasteiger partial charge in [0.2, 0.25) is 0 Å². The molecule has 1 heterocycles. The maximum Gasteiger partial charge on any atom is 0.189 e. The Kier molecular flexibility index (Phi) is 5.59. The monoisotopic (exact) mass is 352 g/mol. The molecule has 0 amide bonds. The van der Waals surface area contributed by atoms with Gasteiger partial charge in [-0.1, -0.05) is 20.3 Å². The van der Waals surface area contributed by atoms with Crippen molar-refractivity contribution in [3.05, 3.63) is 35.6 Å². The van der Waals surface area contributed by atoms with Crippen LogP contribution >= 0.6 is 0 Å². The highest BCUT2D eigenvalue weighted by atomic mass is 16.5. The van der Waals surface area contributed by atoms with Crippen molar-refractivity contribution in [2.24, 2.45) is 11.8 Å². The van der Waals surface area contributed by atoms with Crippen LogP contribution in [0.25, 0.3) is 0 Å². The van der Waals surface area contributed by atoms with Gasteiger partial charge in [0.15, 0.2) is 11.4 Å². The number of allylic oxidation sites excluding steroid dienone is 2. The Bertz CT molecular complexity index is 613. The van der Waals surface area contributed by atoms with Gasteiger partial charge in [-0.25, -0.2) is 0 Å². The Morgan fingerprint density at radius 3 is 2.72 bits per heavy atom. The first-order chi connectivity index (χ1) is 11.5. The Morgan fingerprint density at radius 2 is 2.12 bits per heavy atom. The first-order valence-corrected chi connectivity index (χ1v) is 8.61. The zero-order valence-corrected chi connectivity index (χ0v) is 15.1. The van der Waals surface area contributed by atoms with Gasteiger partial charge in [-0.2, -0.15) is 0 Å². The highest BCUT2D eigenvalue weighted by molar-refractivity contribution is 5.99. The second-order valence-corrected chi connectivity index (χ2v) is 7.45. The number of hydrogen-bond donors (Lipinski definition) is 4. The molecule has 1 aliphatic heterocycles. The molecule has 0 aromatic heterocycles. The van der Waals surface area contributed by atoms with E-state index in [1.807, 2.05) is 13.8 Å². The average Bonchev–Trinajstić information content (AvgIpc) is 2.57. The molecule has 2 rings (SSSR count). The van der Waals surface area contributed by atoms with Crippen LogP contribution < -0.4 is 0 Å². The van der Waals surface area contributed by atoms with Crippen LogP contribution in [0.3, 0.4) is 0 Å². The summed E-state index contributed by atoms with van der Waals surface area (Å²) in [4.78, 5) is 12.0. The lowest BCUT2D eigenvalue weighted by Gasteiger charge is -2.39. The number of rotatable bonds is 5. The van der Waals surface area contributed by atoms with Crippen LogP contribution in [0.4, 0.5) is 0 Å². The van der Waals surface area contributed by atoms with E-state index in [0.717, 1.165) is 6.42 Å². The second-order valence-electron chi connectivity index (χ2n) is 7.45. The van der Waals surface area contributed by atoms with E-state index >= 15 is 0 Å². The van der Waals surface area contributed by atoms with Crippen molar-refractivity contribution in [1.82, 2.24) is 0 Å². The molecule has 1 aliphatic carbocycles. The van der Waals surface area contributed by atoms with E-state index in [0.29, 0.717) is 11.3 Å². The third kappa shape index (κ3) is 3.87. The van der Waals surface area contributed by atoms with Crippen molar-refractivity contribution in [3.8, 4) is 0 Å². The molecule has 0 aromatic rings. The molecule has 4 N–H and O–H groups in total. The number of carbonyl (C=O) groups excluding carboxylic acids is 1. The Labute approximate surface area is 148 Å². The van der Waals surface area contributed by atoms with E-state index in [2.05, 4.69) is 0 Å². The average molecular weight is 352 g/mol. The molecule has 0 bridgehead atoms. The summed E-state index contributed by atoms with van der Waals surface area (Å²) in [5.41, 5.74) is -2.66. The minimum atomic E-state index is -1.82. The second kappa shape index (κ2) is 7.03. The highest BCUT2D eigenvalue weighted by Crippen LogP contribution is 2.35. The molecule has 2 unspecified atom stereocenters. The number of aliphatic hydroxyl groups is 4. The summed E-state index contributed by atoms with van der Waals surface area (Å²) < 4.78 is 5.57. The van der Waals surface area contributed by atoms with Gasteiger partial charge < -0.3 is 25.2 Å². The van der Waals surface area contributed by atoms with E-state index < -0.39 is 35.1 Å². The third-order valence-corrected chi connectivity index (χ3v) is 5.29. The third-order valence-electron chi connectivity index (χ3n) is 5.29. The van der Waals surface area contributed by atoms with Gasteiger partial charge in [-0.05, 0) is 49.6 Å². The Hall–Kier alpha value is -1.47. The van der Waals surface area contributed by atoms with Crippen LogP contribution in [-0.4, -0.2) is 56.2 Å². The van der Waals surface area contributed by atoms with Gasteiger partial charge in [0.05, 0.1) is 18.8 Å². The van der Waals surface area contributed by atoms with E-state index in [-0.39, 0.29) is 12.5 Å². The smallest absolute Gasteiger partial charge is 0.189 e. The van der Waals surface area contributed by atoms with Gasteiger partial charge in [0.25, 0.3) is 0 Å². The fourth-order valence-electron chi connectivity index (χ4n) is 3.10. The SMILES string of the molecule is CC[C@H](C)C(O)C(C)(O)/C=C/C1=CC2=CC(=O)[C@](C)(O)[C@H](O)[C@H]2CO1. The fraction of sp³-hybridized carbons (Fsp3) is 0.632. The van der Waals surface area contributed by atoms with Crippen LogP contribution in [0.2, 0.25) is 0 Å². The molecule has 6 atom stereocenters. The van der Waals surface area contributed by atoms with Crippen molar-refractivity contribution >= 4 is 5.78 Å². The predicted molar refractivity (Wildman–Crippen MR) is 92.5 cm³/mol. The maximum absolute atomic E-state index is 12.0. The van der Waals surface area contributed by atoms with Gasteiger partial charge in [-0.15, -0.1) is 0 Å². The van der Waals surface area contributed by atoms with Crippen LogP contribution in [-0.2, 0) is 9.53 Å². The van der Waals surface area contributed by atoms with E-state index in [1.54, 1.807) is 12.2 Å². The summed E-state index contributed by atoms with van der Waals surface area (Å²) in [6.07, 6.45) is 4.51. The molecule has 25 heavy (non-hydrogen) atoms. The first kappa shape index (κ1) is 19.8. The summed E-state index contributed by atoms with van der Waals surface area (Å²) in [7, 11) is 0. The summed E-state index contributed by atoms with van der Waals surface area (Å²) >= 11 is 0. The summed E-state index contributed by atoms with van der Waals surface area (Å²) in [5, 5.41) is 40.9. The Balaban J connectivity index is 2.21. The fourth-order valence-corrected chi connectivity index (χ4v) is 3.10. The molecule has 2 aliphatic rings. The van der Waals surface area contributed by atoms with Gasteiger partial charge in [0, 0.05) is 5.92 Å². The topological polar surface area (TPSA) is 107 Å². The normalized spacial score (nSPS) is 34.5. The zero-order chi connectivity index (χ0) is 19.0. The number of ketones is 1. The van der Waals surface area contributed by atoms with Crippen LogP contribution in [0, 0.1) is 11.8 Å². The van der Waals surface area contributed by atoms with E-state index in [4.69, 9.17) is 4.74 Å². The lowest BCUT2D eigenvalue weighted by molar-refractivity contribution is -0.150. The van der Waals surface area contributed by atoms with Crippen molar-refractivity contribution in [2.45, 2.75) is 57.5 Å². The molecule has 0 saturated carbocycles. The summed E-state index contributed by atoms with van der Waals surface area (Å²) in [6, 6.07) is 0. The van der Waals surface area contributed by atoms with E-state index in [1.165, 1.54) is 26.0 Å². The quantitative estimate of drug-likeness (QED) is 0.584. The predicted octanol–water partition coefficient (Wildman–Crippen LogP) is 0.852. The number of ether oxygens (including phenoxy) is 1. The van der Waals surface area contributed by atoms with Crippen molar-refractivity contribution in [2.75, 3.05) is 6.61 Å². The first-order valence-electron chi connectivity index (χ1n) is 8.61. The van der Waals surface area contributed by atoms with Gasteiger partial charge in [-0.3, -0.25) is 4.79 Å². The number of aliphatic hydroxyl groups excluding tert-OH is 2. The molecule has 0 radical (unpaired) electrons. The molecule has 0 spiro atoms. The maximum atomic E-state index is 12.0. The lowest BCUT2D eigenvalue weighted by Crippen LogP contribution is -2.54. The Morgan fingerprint density at radius 1 is 1.48 bits per heavy atom. The minimum Gasteiger partial charge on any atom is -0.493 e. The highest BCUT2D eigenvalue weighted by Gasteiger charge is 2.47. The standard InChI is InChI=1S/C19H28O6/c1-5-11(2)16(21)18(3,23)7-6-13-8-12-9-15(20)19(4,24)17(22)14(12)10-25-13/h6-9,11,14,16-17,21-24H,5,10H2,1-4H3/b7-6+/t11-,14-,16?,17+,18?,19-/m0/s1. The van der Waals surface area contributed by atoms with Crippen LogP contribution in [0.15, 0.2) is 35.6 Å². The lowest BCUT2D eigenvalue weighted by atomic mass is 9.75. The number of fused-ring (bicyclic) bond motifs is 1. The molecule has 6 heteroatoms. The number of carbonyl (C=O) groups is 1. The van der Waals surface area contributed by atoms with E-state index in [9.17, 15) is 25.2 Å². The summed E-state index contributed by atoms with van der Waals surface area (Å²) in [6.45, 7) is 6.73. The molecule has 0 fully saturated rings.